The number of nitrogens with one attached hydrogen (secondary N) is 1. The molecule has 0 radical (unpaired) electrons. The van der Waals surface area contributed by atoms with Crippen LogP contribution in [0.1, 0.15) is 36.0 Å². The molecule has 12 heteroatoms. The van der Waals surface area contributed by atoms with Crippen molar-refractivity contribution in [3.8, 4) is 0 Å². The Labute approximate surface area is 185 Å². The number of carbonyl (C=O) groups excluding carboxylic acids is 3. The number of hydrogen-bond acceptors (Lipinski definition) is 8. The number of morpholine rings is 1. The minimum absolute atomic E-state index is 0.0287. The van der Waals surface area contributed by atoms with E-state index >= 15 is 0 Å². The van der Waals surface area contributed by atoms with Crippen molar-refractivity contribution >= 4 is 51.4 Å². The quantitative estimate of drug-likeness (QED) is 0.406. The molecule has 0 saturated carbocycles. The average molecular weight is 468 g/mol. The molecule has 3 rings (SSSR count). The third-order valence-electron chi connectivity index (χ3n) is 4.66. The largest absolute Gasteiger partial charge is 0.465 e. The van der Waals surface area contributed by atoms with Gasteiger partial charge in [-0.3, -0.25) is 19.7 Å². The maximum atomic E-state index is 12.9. The number of esters is 1. The third-order valence-corrected chi connectivity index (χ3v) is 6.18. The number of anilines is 1. The molecule has 2 amide bonds. The van der Waals surface area contributed by atoms with E-state index in [1.54, 1.807) is 11.8 Å². The zero-order valence-electron chi connectivity index (χ0n) is 16.6. The molecule has 0 bridgehead atoms. The molecule has 2 heterocycles. The normalized spacial score (nSPS) is 13.6. The van der Waals surface area contributed by atoms with Crippen molar-refractivity contribution in [3.63, 3.8) is 0 Å². The zero-order valence-corrected chi connectivity index (χ0v) is 18.2. The van der Waals surface area contributed by atoms with Crippen LogP contribution in [-0.2, 0) is 9.47 Å². The topological polar surface area (TPSA) is 128 Å². The van der Waals surface area contributed by atoms with Crippen LogP contribution in [0.25, 0.3) is 0 Å². The molecule has 1 fully saturated rings. The van der Waals surface area contributed by atoms with Gasteiger partial charge in [-0.05, 0) is 24.6 Å². The molecule has 1 aliphatic heterocycles. The van der Waals surface area contributed by atoms with Crippen LogP contribution in [0.15, 0.2) is 18.2 Å². The predicted octanol–water partition coefficient (Wildman–Crippen LogP) is 3.13. The number of nitrogens with zero attached hydrogens (tertiary/aromatic N) is 2. The van der Waals surface area contributed by atoms with Crippen LogP contribution >= 0.6 is 22.9 Å². The second-order valence-corrected chi connectivity index (χ2v) is 7.96. The van der Waals surface area contributed by atoms with E-state index in [1.807, 2.05) is 0 Å². The maximum Gasteiger partial charge on any atom is 0.341 e. The highest BCUT2D eigenvalue weighted by atomic mass is 35.5. The fourth-order valence-electron chi connectivity index (χ4n) is 3.03. The van der Waals surface area contributed by atoms with E-state index in [1.165, 1.54) is 19.2 Å². The zero-order chi connectivity index (χ0) is 22.7. The first-order valence-electron chi connectivity index (χ1n) is 9.08. The number of hydrogen-bond donors (Lipinski definition) is 1. The minimum atomic E-state index is -0.716. The number of ether oxygens (including phenoxy) is 2. The van der Waals surface area contributed by atoms with Gasteiger partial charge in [-0.15, -0.1) is 11.3 Å². The molecule has 0 atom stereocenters. The van der Waals surface area contributed by atoms with Crippen LogP contribution in [-0.4, -0.2) is 61.0 Å². The summed E-state index contributed by atoms with van der Waals surface area (Å²) >= 11 is 6.73. The Morgan fingerprint density at radius 2 is 1.97 bits per heavy atom. The first-order valence-corrected chi connectivity index (χ1v) is 10.3. The highest BCUT2D eigenvalue weighted by molar-refractivity contribution is 7.18. The van der Waals surface area contributed by atoms with E-state index < -0.39 is 22.5 Å². The number of thiophene rings is 1. The van der Waals surface area contributed by atoms with Gasteiger partial charge in [0.25, 0.3) is 17.5 Å². The summed E-state index contributed by atoms with van der Waals surface area (Å²) in [6.07, 6.45) is 0. The summed E-state index contributed by atoms with van der Waals surface area (Å²) < 4.78 is 10.1. The number of halogens is 1. The summed E-state index contributed by atoms with van der Waals surface area (Å²) in [7, 11) is 1.19. The lowest BCUT2D eigenvalue weighted by Gasteiger charge is -2.26. The van der Waals surface area contributed by atoms with Gasteiger partial charge in [0.05, 0.1) is 35.7 Å². The summed E-state index contributed by atoms with van der Waals surface area (Å²) in [6.45, 7) is 3.26. The standard InChI is InChI=1S/C19H18ClN3O7S/c1-10-14(19(26)29-2)17(31-15(10)18(25)22-5-7-30-8-6-22)21-16(24)11-3-4-12(20)13(9-11)23(27)28/h3-4,9H,5-8H2,1-2H3,(H,21,24). The van der Waals surface area contributed by atoms with Crippen molar-refractivity contribution < 1.29 is 28.8 Å². The molecule has 2 aromatic rings. The number of carbonyl (C=O) groups is 3. The third kappa shape index (κ3) is 4.68. The van der Waals surface area contributed by atoms with Crippen molar-refractivity contribution in [3.05, 3.63) is 54.9 Å². The smallest absolute Gasteiger partial charge is 0.341 e. The molecule has 1 aliphatic rings. The van der Waals surface area contributed by atoms with Crippen molar-refractivity contribution in [2.45, 2.75) is 6.92 Å². The van der Waals surface area contributed by atoms with E-state index in [0.29, 0.717) is 36.7 Å². The molecule has 164 valence electrons. The number of nitro benzene ring substituents is 1. The van der Waals surface area contributed by atoms with Gasteiger partial charge in [0.2, 0.25) is 0 Å². The Bertz CT molecular complexity index is 1060. The van der Waals surface area contributed by atoms with Crippen LogP contribution in [0.3, 0.4) is 0 Å². The molecule has 1 aromatic heterocycles. The van der Waals surface area contributed by atoms with Crippen LogP contribution in [0.4, 0.5) is 10.7 Å². The van der Waals surface area contributed by atoms with Gasteiger partial charge in [-0.25, -0.2) is 4.79 Å². The molecule has 31 heavy (non-hydrogen) atoms. The summed E-state index contributed by atoms with van der Waals surface area (Å²) in [5.74, 6) is -1.69. The molecule has 0 unspecified atom stereocenters. The van der Waals surface area contributed by atoms with E-state index in [4.69, 9.17) is 21.1 Å². The number of rotatable bonds is 5. The number of methoxy groups -OCH3 is 1. The molecule has 10 nitrogen and oxygen atoms in total. The van der Waals surface area contributed by atoms with E-state index in [-0.39, 0.29) is 27.1 Å². The van der Waals surface area contributed by atoms with Crippen molar-refractivity contribution in [1.82, 2.24) is 4.90 Å². The second-order valence-electron chi connectivity index (χ2n) is 6.53. The average Bonchev–Trinajstić information content (AvgIpc) is 3.08. The van der Waals surface area contributed by atoms with Gasteiger partial charge < -0.3 is 19.7 Å². The summed E-state index contributed by atoms with van der Waals surface area (Å²) in [5, 5.41) is 13.7. The lowest BCUT2D eigenvalue weighted by atomic mass is 10.1. The molecule has 0 spiro atoms. The molecule has 1 aromatic carbocycles. The Morgan fingerprint density at radius 1 is 1.29 bits per heavy atom. The summed E-state index contributed by atoms with van der Waals surface area (Å²) in [4.78, 5) is 50.3. The van der Waals surface area contributed by atoms with Gasteiger partial charge >= 0.3 is 5.97 Å². The van der Waals surface area contributed by atoms with Crippen LogP contribution in [0.2, 0.25) is 5.02 Å². The fourth-order valence-corrected chi connectivity index (χ4v) is 4.38. The Morgan fingerprint density at radius 3 is 2.58 bits per heavy atom. The minimum Gasteiger partial charge on any atom is -0.465 e. The van der Waals surface area contributed by atoms with Gasteiger partial charge in [-0.1, -0.05) is 11.6 Å². The van der Waals surface area contributed by atoms with Gasteiger partial charge in [-0.2, -0.15) is 0 Å². The molecular weight excluding hydrogens is 450 g/mol. The van der Waals surface area contributed by atoms with E-state index in [2.05, 4.69) is 5.32 Å². The summed E-state index contributed by atoms with van der Waals surface area (Å²) in [5.41, 5.74) is -0.0151. The highest BCUT2D eigenvalue weighted by Crippen LogP contribution is 2.35. The molecular formula is C19H18ClN3O7S. The summed E-state index contributed by atoms with van der Waals surface area (Å²) in [6, 6.07) is 3.60. The molecule has 0 aliphatic carbocycles. The van der Waals surface area contributed by atoms with E-state index in [9.17, 15) is 24.5 Å². The molecule has 1 N–H and O–H groups in total. The number of amides is 2. The van der Waals surface area contributed by atoms with E-state index in [0.717, 1.165) is 17.4 Å². The highest BCUT2D eigenvalue weighted by Gasteiger charge is 2.29. The van der Waals surface area contributed by atoms with Crippen molar-refractivity contribution in [2.75, 3.05) is 38.7 Å². The Hall–Kier alpha value is -3.02. The first-order chi connectivity index (χ1) is 14.7. The maximum absolute atomic E-state index is 12.9. The predicted molar refractivity (Wildman–Crippen MR) is 113 cm³/mol. The molecule has 1 saturated heterocycles. The van der Waals surface area contributed by atoms with Crippen LogP contribution in [0.5, 0.6) is 0 Å². The van der Waals surface area contributed by atoms with Gasteiger partial charge in [0.15, 0.2) is 0 Å². The van der Waals surface area contributed by atoms with Crippen LogP contribution < -0.4 is 5.32 Å². The monoisotopic (exact) mass is 467 g/mol. The van der Waals surface area contributed by atoms with Crippen molar-refractivity contribution in [1.29, 1.82) is 0 Å². The number of benzene rings is 1. The van der Waals surface area contributed by atoms with Gasteiger partial charge in [0.1, 0.15) is 10.0 Å². The lowest BCUT2D eigenvalue weighted by molar-refractivity contribution is -0.384. The lowest BCUT2D eigenvalue weighted by Crippen LogP contribution is -2.40. The Balaban J connectivity index is 1.95. The van der Waals surface area contributed by atoms with Crippen LogP contribution in [0, 0.1) is 17.0 Å². The Kier molecular flexibility index (Phi) is 6.88. The van der Waals surface area contributed by atoms with Gasteiger partial charge in [0, 0.05) is 24.7 Å². The fraction of sp³-hybridized carbons (Fsp3) is 0.316. The SMILES string of the molecule is COC(=O)c1c(NC(=O)c2ccc(Cl)c([N+](=O)[O-])c2)sc(C(=O)N2CCOCC2)c1C. The number of nitro groups is 1. The van der Waals surface area contributed by atoms with Crippen molar-refractivity contribution in [2.24, 2.45) is 0 Å². The first kappa shape index (κ1) is 22.7. The second kappa shape index (κ2) is 9.41.